The zero-order valence-electron chi connectivity index (χ0n) is 10.3. The summed E-state index contributed by atoms with van der Waals surface area (Å²) in [5.74, 6) is 1.41. The van der Waals surface area contributed by atoms with Crippen LogP contribution in [-0.2, 0) is 0 Å². The lowest BCUT2D eigenvalue weighted by Gasteiger charge is -2.08. The molecule has 0 saturated carbocycles. The summed E-state index contributed by atoms with van der Waals surface area (Å²) in [5.41, 5.74) is 2.85. The maximum absolute atomic E-state index is 9.80. The molecule has 0 unspecified atom stereocenters. The third-order valence-electron chi connectivity index (χ3n) is 3.11. The fourth-order valence-corrected chi connectivity index (χ4v) is 2.05. The van der Waals surface area contributed by atoms with Gasteiger partial charge in [0.1, 0.15) is 5.75 Å². The van der Waals surface area contributed by atoms with Crippen LogP contribution in [0.3, 0.4) is 0 Å². The van der Waals surface area contributed by atoms with Gasteiger partial charge in [0, 0.05) is 5.56 Å². The Morgan fingerprint density at radius 1 is 1.21 bits per heavy atom. The summed E-state index contributed by atoms with van der Waals surface area (Å²) < 4.78 is 10.8. The maximum Gasteiger partial charge on any atom is 0.231 e. The summed E-state index contributed by atoms with van der Waals surface area (Å²) in [6, 6.07) is 8.79. The number of benzene rings is 2. The molecule has 2 aromatic rings. The van der Waals surface area contributed by atoms with Crippen LogP contribution in [0.1, 0.15) is 5.56 Å². The molecule has 0 radical (unpaired) electrons. The van der Waals surface area contributed by atoms with Crippen molar-refractivity contribution >= 4 is 5.69 Å². The van der Waals surface area contributed by atoms with Crippen molar-refractivity contribution in [2.45, 2.75) is 6.92 Å². The molecular weight excluding hydrogens is 242 g/mol. The second kappa shape index (κ2) is 4.21. The summed E-state index contributed by atoms with van der Waals surface area (Å²) in [7, 11) is 0. The number of aryl methyl sites for hydroxylation is 1. The van der Waals surface area contributed by atoms with Gasteiger partial charge in [0.05, 0.1) is 6.57 Å². The summed E-state index contributed by atoms with van der Waals surface area (Å²) >= 11 is 0. The van der Waals surface area contributed by atoms with Crippen molar-refractivity contribution in [3.63, 3.8) is 0 Å². The Balaban J connectivity index is 2.22. The molecule has 2 aromatic carbocycles. The molecule has 0 aliphatic carbocycles. The van der Waals surface area contributed by atoms with E-state index < -0.39 is 0 Å². The van der Waals surface area contributed by atoms with Gasteiger partial charge in [0.2, 0.25) is 6.79 Å². The van der Waals surface area contributed by atoms with E-state index in [9.17, 15) is 5.11 Å². The fraction of sp³-hybridized carbons (Fsp3) is 0.133. The molecule has 1 heterocycles. The second-order valence-electron chi connectivity index (χ2n) is 4.34. The minimum absolute atomic E-state index is 0.154. The van der Waals surface area contributed by atoms with Crippen molar-refractivity contribution in [2.24, 2.45) is 0 Å². The van der Waals surface area contributed by atoms with Gasteiger partial charge >= 0.3 is 0 Å². The molecule has 3 rings (SSSR count). The second-order valence-corrected chi connectivity index (χ2v) is 4.34. The van der Waals surface area contributed by atoms with Gasteiger partial charge in [-0.15, -0.1) is 0 Å². The van der Waals surface area contributed by atoms with Gasteiger partial charge in [-0.2, -0.15) is 0 Å². The van der Waals surface area contributed by atoms with Gasteiger partial charge < -0.3 is 14.6 Å². The molecule has 0 bridgehead atoms. The van der Waals surface area contributed by atoms with E-state index in [1.807, 2.05) is 19.1 Å². The summed E-state index contributed by atoms with van der Waals surface area (Å²) in [5, 5.41) is 9.80. The number of fused-ring (bicyclic) bond motifs is 1. The predicted octanol–water partition coefficient (Wildman–Crippen LogP) is 3.65. The third-order valence-corrected chi connectivity index (χ3v) is 3.11. The molecule has 1 aliphatic rings. The summed E-state index contributed by atoms with van der Waals surface area (Å²) in [6.07, 6.45) is 0. The van der Waals surface area contributed by atoms with E-state index >= 15 is 0 Å². The molecule has 0 fully saturated rings. The van der Waals surface area contributed by atoms with Gasteiger partial charge in [-0.1, -0.05) is 12.1 Å². The van der Waals surface area contributed by atoms with Crippen LogP contribution < -0.4 is 9.47 Å². The van der Waals surface area contributed by atoms with Gasteiger partial charge in [-0.25, -0.2) is 4.85 Å². The Morgan fingerprint density at radius 3 is 2.79 bits per heavy atom. The minimum Gasteiger partial charge on any atom is -0.508 e. The lowest BCUT2D eigenvalue weighted by Crippen LogP contribution is -1.93. The summed E-state index contributed by atoms with van der Waals surface area (Å²) in [6.45, 7) is 9.11. The SMILES string of the molecule is [C-]#[N+]c1cc2c(c(-c3ccc(C)c(O)c3)c1)OCO2. The maximum atomic E-state index is 9.80. The largest absolute Gasteiger partial charge is 0.508 e. The Hall–Kier alpha value is -2.67. The first-order valence-corrected chi connectivity index (χ1v) is 5.80. The van der Waals surface area contributed by atoms with Crippen molar-refractivity contribution < 1.29 is 14.6 Å². The van der Waals surface area contributed by atoms with Crippen LogP contribution >= 0.6 is 0 Å². The average Bonchev–Trinajstić information content (AvgIpc) is 2.89. The number of phenolic OH excluding ortho intramolecular Hbond substituents is 1. The van der Waals surface area contributed by atoms with Crippen molar-refractivity contribution in [3.8, 4) is 28.4 Å². The van der Waals surface area contributed by atoms with Crippen molar-refractivity contribution in [1.82, 2.24) is 0 Å². The normalized spacial score (nSPS) is 12.2. The highest BCUT2D eigenvalue weighted by Gasteiger charge is 2.20. The molecule has 0 spiro atoms. The molecule has 4 heteroatoms. The van der Waals surface area contributed by atoms with Crippen molar-refractivity contribution in [3.05, 3.63) is 47.3 Å². The number of hydrogen-bond donors (Lipinski definition) is 1. The van der Waals surface area contributed by atoms with E-state index in [2.05, 4.69) is 4.85 Å². The van der Waals surface area contributed by atoms with E-state index in [-0.39, 0.29) is 12.5 Å². The van der Waals surface area contributed by atoms with Crippen LogP contribution in [0.15, 0.2) is 30.3 Å². The smallest absolute Gasteiger partial charge is 0.231 e. The predicted molar refractivity (Wildman–Crippen MR) is 70.7 cm³/mol. The van der Waals surface area contributed by atoms with Crippen LogP contribution in [-0.4, -0.2) is 11.9 Å². The molecule has 0 amide bonds. The van der Waals surface area contributed by atoms with E-state index in [1.54, 1.807) is 18.2 Å². The minimum atomic E-state index is 0.154. The summed E-state index contributed by atoms with van der Waals surface area (Å²) in [4.78, 5) is 3.43. The monoisotopic (exact) mass is 253 g/mol. The molecule has 0 atom stereocenters. The molecule has 4 nitrogen and oxygen atoms in total. The first-order chi connectivity index (χ1) is 9.19. The molecule has 94 valence electrons. The van der Waals surface area contributed by atoms with Gasteiger partial charge in [0.15, 0.2) is 17.2 Å². The first kappa shape index (κ1) is 11.4. The van der Waals surface area contributed by atoms with Crippen LogP contribution in [0.25, 0.3) is 16.0 Å². The average molecular weight is 253 g/mol. The van der Waals surface area contributed by atoms with Gasteiger partial charge in [-0.3, -0.25) is 0 Å². The highest BCUT2D eigenvalue weighted by molar-refractivity contribution is 5.80. The van der Waals surface area contributed by atoms with Crippen LogP contribution in [0, 0.1) is 13.5 Å². The van der Waals surface area contributed by atoms with E-state index in [0.29, 0.717) is 17.2 Å². The van der Waals surface area contributed by atoms with Gasteiger partial charge in [0.25, 0.3) is 0 Å². The Labute approximate surface area is 110 Å². The van der Waals surface area contributed by atoms with Crippen LogP contribution in [0.2, 0.25) is 0 Å². The number of phenols is 1. The number of rotatable bonds is 1. The highest BCUT2D eigenvalue weighted by atomic mass is 16.7. The zero-order valence-corrected chi connectivity index (χ0v) is 10.3. The lowest BCUT2D eigenvalue weighted by molar-refractivity contribution is 0.174. The highest BCUT2D eigenvalue weighted by Crippen LogP contribution is 2.45. The number of ether oxygens (including phenoxy) is 2. The molecule has 1 N–H and O–H groups in total. The topological polar surface area (TPSA) is 43.0 Å². The Morgan fingerprint density at radius 2 is 2.05 bits per heavy atom. The number of aromatic hydroxyl groups is 1. The van der Waals surface area contributed by atoms with Crippen LogP contribution in [0.5, 0.6) is 17.2 Å². The third kappa shape index (κ3) is 1.85. The number of hydrogen-bond acceptors (Lipinski definition) is 3. The lowest BCUT2D eigenvalue weighted by atomic mass is 10.0. The molecule has 1 aliphatic heterocycles. The Bertz CT molecular complexity index is 701. The molecular formula is C15H11NO3. The number of nitrogens with zero attached hydrogens (tertiary/aromatic N) is 1. The van der Waals surface area contributed by atoms with E-state index in [1.165, 1.54) is 0 Å². The van der Waals surface area contributed by atoms with E-state index in [0.717, 1.165) is 16.7 Å². The quantitative estimate of drug-likeness (QED) is 0.789. The molecule has 0 saturated heterocycles. The first-order valence-electron chi connectivity index (χ1n) is 5.80. The fourth-order valence-electron chi connectivity index (χ4n) is 2.05. The van der Waals surface area contributed by atoms with Gasteiger partial charge in [-0.05, 0) is 36.2 Å². The van der Waals surface area contributed by atoms with Crippen molar-refractivity contribution in [2.75, 3.05) is 6.79 Å². The van der Waals surface area contributed by atoms with E-state index in [4.69, 9.17) is 16.0 Å². The molecule has 19 heavy (non-hydrogen) atoms. The zero-order chi connectivity index (χ0) is 13.4. The van der Waals surface area contributed by atoms with Crippen LogP contribution in [0.4, 0.5) is 5.69 Å². The van der Waals surface area contributed by atoms with Crippen molar-refractivity contribution in [1.29, 1.82) is 0 Å². The Kier molecular flexibility index (Phi) is 2.53. The standard InChI is InChI=1S/C15H11NO3/c1-9-3-4-10(5-13(9)17)12-6-11(16-2)7-14-15(12)19-8-18-14/h3-7,17H,8H2,1H3. The molecule has 0 aromatic heterocycles.